The number of imidazole rings is 1. The first kappa shape index (κ1) is 24.0. The lowest BCUT2D eigenvalue weighted by molar-refractivity contribution is -0.0799. The van der Waals surface area contributed by atoms with Gasteiger partial charge in [-0.05, 0) is 25.0 Å². The summed E-state index contributed by atoms with van der Waals surface area (Å²) in [7, 11) is -3.64. The Kier molecular flexibility index (Phi) is 5.76. The number of halogens is 1. The third-order valence-corrected chi connectivity index (χ3v) is 7.55. The number of fused-ring (bicyclic) bond motifs is 2. The van der Waals surface area contributed by atoms with Crippen molar-refractivity contribution in [3.8, 4) is 22.5 Å². The Morgan fingerprint density at radius 3 is 2.59 bits per heavy atom. The van der Waals surface area contributed by atoms with E-state index in [-0.39, 0.29) is 12.5 Å². The Bertz CT molecular complexity index is 1750. The van der Waals surface area contributed by atoms with Crippen LogP contribution >= 0.6 is 11.6 Å². The van der Waals surface area contributed by atoms with E-state index in [1.807, 2.05) is 65.1 Å². The van der Waals surface area contributed by atoms with Crippen molar-refractivity contribution in [1.29, 1.82) is 0 Å². The number of aromatic nitrogens is 4. The van der Waals surface area contributed by atoms with Crippen LogP contribution in [0.15, 0.2) is 73.1 Å². The van der Waals surface area contributed by atoms with Crippen molar-refractivity contribution in [2.24, 2.45) is 0 Å². The maximum atomic E-state index is 11.4. The Balaban J connectivity index is 1.39. The summed E-state index contributed by atoms with van der Waals surface area (Å²) >= 11 is 6.55. The van der Waals surface area contributed by atoms with Crippen molar-refractivity contribution in [3.63, 3.8) is 0 Å². The van der Waals surface area contributed by atoms with Crippen LogP contribution in [0.3, 0.4) is 0 Å². The van der Waals surface area contributed by atoms with Crippen molar-refractivity contribution < 1.29 is 17.7 Å². The molecule has 1 N–H and O–H groups in total. The second kappa shape index (κ2) is 8.88. The van der Waals surface area contributed by atoms with Crippen LogP contribution in [-0.4, -0.2) is 51.3 Å². The molecule has 0 aliphatic heterocycles. The highest BCUT2D eigenvalue weighted by Crippen LogP contribution is 2.46. The molecule has 3 heterocycles. The molecule has 37 heavy (non-hydrogen) atoms. The van der Waals surface area contributed by atoms with Gasteiger partial charge in [0.1, 0.15) is 11.3 Å². The lowest BCUT2D eigenvalue weighted by atomic mass is 9.71. The molecular formula is C27H23ClN4O4S. The summed E-state index contributed by atoms with van der Waals surface area (Å²) in [6, 6.07) is 20.0. The van der Waals surface area contributed by atoms with Gasteiger partial charge in [-0.3, -0.25) is 8.58 Å². The minimum Gasteiger partial charge on any atom is -0.387 e. The van der Waals surface area contributed by atoms with Gasteiger partial charge in [0.15, 0.2) is 5.15 Å². The number of hydrogen-bond donors (Lipinski definition) is 1. The van der Waals surface area contributed by atoms with Gasteiger partial charge in [0.2, 0.25) is 0 Å². The van der Waals surface area contributed by atoms with Gasteiger partial charge in [0.05, 0.1) is 35.4 Å². The lowest BCUT2D eigenvalue weighted by Crippen LogP contribution is -2.47. The highest BCUT2D eigenvalue weighted by atomic mass is 35.5. The van der Waals surface area contributed by atoms with Crippen LogP contribution in [-0.2, 0) is 14.3 Å². The average Bonchev–Trinajstić information content (AvgIpc) is 3.26. The van der Waals surface area contributed by atoms with E-state index >= 15 is 0 Å². The van der Waals surface area contributed by atoms with Crippen molar-refractivity contribution in [3.05, 3.63) is 84.0 Å². The van der Waals surface area contributed by atoms with Crippen molar-refractivity contribution in [2.75, 3.05) is 12.9 Å². The molecule has 3 aromatic heterocycles. The molecule has 8 nitrogen and oxygen atoms in total. The summed E-state index contributed by atoms with van der Waals surface area (Å²) < 4.78 is 29.5. The Labute approximate surface area is 218 Å². The zero-order valence-corrected chi connectivity index (χ0v) is 21.4. The normalized spacial score (nSPS) is 19.8. The minimum absolute atomic E-state index is 0.101. The number of benzene rings is 2. The van der Waals surface area contributed by atoms with Gasteiger partial charge in [-0.1, -0.05) is 60.1 Å². The molecule has 5 aromatic rings. The van der Waals surface area contributed by atoms with E-state index in [2.05, 4.69) is 4.98 Å². The van der Waals surface area contributed by atoms with E-state index in [9.17, 15) is 13.5 Å². The van der Waals surface area contributed by atoms with E-state index < -0.39 is 15.7 Å². The summed E-state index contributed by atoms with van der Waals surface area (Å²) in [5.74, 6) is 0.626. The number of aliphatic hydroxyl groups is 1. The fourth-order valence-electron chi connectivity index (χ4n) is 4.92. The van der Waals surface area contributed by atoms with Gasteiger partial charge in [0.25, 0.3) is 10.1 Å². The van der Waals surface area contributed by atoms with Crippen LogP contribution in [0, 0.1) is 0 Å². The van der Waals surface area contributed by atoms with Crippen LogP contribution in [0.25, 0.3) is 38.9 Å². The molecule has 0 spiro atoms. The summed E-state index contributed by atoms with van der Waals surface area (Å²) in [6.45, 7) is -0.277. The summed E-state index contributed by atoms with van der Waals surface area (Å²) in [6.07, 6.45) is 5.01. The quantitative estimate of drug-likeness (QED) is 0.310. The Morgan fingerprint density at radius 2 is 1.84 bits per heavy atom. The topological polar surface area (TPSA) is 107 Å². The molecule has 0 amide bonds. The van der Waals surface area contributed by atoms with Gasteiger partial charge in [-0.2, -0.15) is 8.42 Å². The molecule has 10 heteroatoms. The van der Waals surface area contributed by atoms with E-state index in [0.717, 1.165) is 39.8 Å². The predicted octanol–water partition coefficient (Wildman–Crippen LogP) is 4.85. The number of hydrogen-bond acceptors (Lipinski definition) is 7. The van der Waals surface area contributed by atoms with Crippen LogP contribution in [0.1, 0.15) is 24.6 Å². The predicted molar refractivity (Wildman–Crippen MR) is 142 cm³/mol. The molecule has 1 aliphatic carbocycles. The zero-order valence-electron chi connectivity index (χ0n) is 19.9. The van der Waals surface area contributed by atoms with Crippen molar-refractivity contribution in [2.45, 2.75) is 24.4 Å². The lowest BCUT2D eigenvalue weighted by Gasteiger charge is -2.42. The van der Waals surface area contributed by atoms with Crippen LogP contribution in [0.2, 0.25) is 5.15 Å². The van der Waals surface area contributed by atoms with Crippen molar-refractivity contribution >= 4 is 38.1 Å². The fraction of sp³-hybridized carbons (Fsp3) is 0.222. The van der Waals surface area contributed by atoms with Gasteiger partial charge in [0, 0.05) is 34.8 Å². The monoisotopic (exact) mass is 534 g/mol. The third kappa shape index (κ3) is 4.59. The zero-order chi connectivity index (χ0) is 25.8. The SMILES string of the molecule is CS(=O)(=O)OCC1(O)CC(c2nc(-c3ccc4ccc(-c5ccccc5)nc4c3)c3c(Cl)nccn23)C1. The molecule has 0 unspecified atom stereocenters. The van der Waals surface area contributed by atoms with E-state index in [1.165, 1.54) is 0 Å². The first-order valence-electron chi connectivity index (χ1n) is 11.7. The third-order valence-electron chi connectivity index (χ3n) is 6.73. The summed E-state index contributed by atoms with van der Waals surface area (Å²) in [4.78, 5) is 14.1. The van der Waals surface area contributed by atoms with Gasteiger partial charge in [-0.15, -0.1) is 0 Å². The first-order chi connectivity index (χ1) is 17.7. The molecular weight excluding hydrogens is 512 g/mol. The number of nitrogens with zero attached hydrogens (tertiary/aromatic N) is 4. The molecule has 1 aliphatic rings. The van der Waals surface area contributed by atoms with E-state index in [0.29, 0.717) is 29.2 Å². The maximum absolute atomic E-state index is 11.4. The maximum Gasteiger partial charge on any atom is 0.264 e. The fourth-order valence-corrected chi connectivity index (χ4v) is 5.59. The molecule has 2 aromatic carbocycles. The largest absolute Gasteiger partial charge is 0.387 e. The van der Waals surface area contributed by atoms with Gasteiger partial charge >= 0.3 is 0 Å². The average molecular weight is 535 g/mol. The number of rotatable bonds is 6. The van der Waals surface area contributed by atoms with Crippen molar-refractivity contribution in [1.82, 2.24) is 19.4 Å². The van der Waals surface area contributed by atoms with Gasteiger partial charge < -0.3 is 5.11 Å². The van der Waals surface area contributed by atoms with E-state index in [1.54, 1.807) is 12.4 Å². The molecule has 188 valence electrons. The van der Waals surface area contributed by atoms with E-state index in [4.69, 9.17) is 25.8 Å². The molecule has 0 atom stereocenters. The second-order valence-electron chi connectivity index (χ2n) is 9.52. The second-order valence-corrected chi connectivity index (χ2v) is 11.5. The van der Waals surface area contributed by atoms with Gasteiger partial charge in [-0.25, -0.2) is 15.0 Å². The molecule has 1 saturated carbocycles. The molecule has 0 radical (unpaired) electrons. The van der Waals surface area contributed by atoms with Crippen LogP contribution in [0.4, 0.5) is 0 Å². The molecule has 1 fully saturated rings. The summed E-state index contributed by atoms with van der Waals surface area (Å²) in [5.41, 5.74) is 3.71. The minimum atomic E-state index is -3.64. The standard InChI is InChI=1S/C27H23ClN4O4S/c1-37(34,35)36-16-27(33)14-20(15-27)26-31-23(24-25(28)29-11-12-32(24)26)19-8-7-18-9-10-21(30-22(18)13-19)17-5-3-2-4-6-17/h2-13,20,33H,14-16H2,1H3. The molecule has 0 saturated heterocycles. The Hall–Kier alpha value is -3.37. The van der Waals surface area contributed by atoms with Crippen LogP contribution < -0.4 is 0 Å². The number of pyridine rings is 1. The molecule has 0 bridgehead atoms. The molecule has 6 rings (SSSR count). The Morgan fingerprint density at radius 1 is 1.08 bits per heavy atom. The van der Waals surface area contributed by atoms with Crippen LogP contribution in [0.5, 0.6) is 0 Å². The first-order valence-corrected chi connectivity index (χ1v) is 13.9. The highest BCUT2D eigenvalue weighted by molar-refractivity contribution is 7.85. The highest BCUT2D eigenvalue weighted by Gasteiger charge is 2.46. The smallest absolute Gasteiger partial charge is 0.264 e. The summed E-state index contributed by atoms with van der Waals surface area (Å²) in [5, 5.41) is 12.0.